The van der Waals surface area contributed by atoms with Crippen LogP contribution in [0.5, 0.6) is 11.5 Å². The number of benzene rings is 2. The smallest absolute Gasteiger partial charge is 0.162 e. The summed E-state index contributed by atoms with van der Waals surface area (Å²) in [6.45, 7) is 2.13. The van der Waals surface area contributed by atoms with Gasteiger partial charge in [-0.05, 0) is 58.3 Å². The Hall–Kier alpha value is -2.86. The summed E-state index contributed by atoms with van der Waals surface area (Å²) in [5, 5.41) is 4.47. The second-order valence-corrected chi connectivity index (χ2v) is 8.53. The standard InChI is InChI=1S/C25H32N4O2/c1-17(18-8-6-5-7-9-18)28-25-21-14-24(23(30-4)15-22(21)26-16-27-25)31-20-12-10-19(11-13-20)29(2)3/h5-9,14-17,19-20H,10-13H2,1-4H3,(H,26,27,28)/t17-,19?,20?/m1/s1. The Morgan fingerprint density at radius 2 is 1.74 bits per heavy atom. The highest BCUT2D eigenvalue weighted by atomic mass is 16.5. The van der Waals surface area contributed by atoms with Gasteiger partial charge in [0.05, 0.1) is 18.7 Å². The van der Waals surface area contributed by atoms with Crippen molar-refractivity contribution in [2.24, 2.45) is 0 Å². The average Bonchev–Trinajstić information content (AvgIpc) is 2.80. The van der Waals surface area contributed by atoms with Crippen LogP contribution < -0.4 is 14.8 Å². The molecule has 0 saturated heterocycles. The van der Waals surface area contributed by atoms with Gasteiger partial charge in [0.25, 0.3) is 0 Å². The minimum atomic E-state index is 0.118. The number of hydrogen-bond donors (Lipinski definition) is 1. The van der Waals surface area contributed by atoms with Gasteiger partial charge < -0.3 is 19.7 Å². The van der Waals surface area contributed by atoms with Crippen LogP contribution in [0.15, 0.2) is 48.8 Å². The van der Waals surface area contributed by atoms with Gasteiger partial charge in [0.15, 0.2) is 11.5 Å². The van der Waals surface area contributed by atoms with Gasteiger partial charge >= 0.3 is 0 Å². The summed E-state index contributed by atoms with van der Waals surface area (Å²) in [6, 6.07) is 15.1. The molecule has 1 heterocycles. The van der Waals surface area contributed by atoms with Gasteiger partial charge in [0.1, 0.15) is 12.1 Å². The number of rotatable bonds is 7. The Balaban J connectivity index is 1.58. The lowest BCUT2D eigenvalue weighted by Gasteiger charge is -2.33. The van der Waals surface area contributed by atoms with E-state index in [0.29, 0.717) is 11.8 Å². The molecule has 1 aliphatic carbocycles. The number of methoxy groups -OCH3 is 1. The third kappa shape index (κ3) is 4.90. The normalized spacial score (nSPS) is 19.9. The van der Waals surface area contributed by atoms with Crippen molar-refractivity contribution in [1.82, 2.24) is 14.9 Å². The molecule has 31 heavy (non-hydrogen) atoms. The lowest BCUT2D eigenvalue weighted by Crippen LogP contribution is -2.35. The van der Waals surface area contributed by atoms with Crippen LogP contribution in [-0.2, 0) is 0 Å². The predicted octanol–water partition coefficient (Wildman–Crippen LogP) is 5.06. The second kappa shape index (κ2) is 9.52. The van der Waals surface area contributed by atoms with E-state index in [0.717, 1.165) is 48.2 Å². The Morgan fingerprint density at radius 3 is 2.42 bits per heavy atom. The quantitative estimate of drug-likeness (QED) is 0.576. The Bertz CT molecular complexity index is 1000. The maximum atomic E-state index is 6.43. The van der Waals surface area contributed by atoms with Crippen LogP contribution in [0.4, 0.5) is 5.82 Å². The van der Waals surface area contributed by atoms with Gasteiger partial charge in [-0.25, -0.2) is 9.97 Å². The fourth-order valence-electron chi connectivity index (χ4n) is 4.32. The molecule has 6 nitrogen and oxygen atoms in total. The number of aromatic nitrogens is 2. The molecule has 0 bridgehead atoms. The number of fused-ring (bicyclic) bond motifs is 1. The van der Waals surface area contributed by atoms with Crippen molar-refractivity contribution in [2.45, 2.75) is 50.8 Å². The average molecular weight is 421 g/mol. The maximum absolute atomic E-state index is 6.43. The second-order valence-electron chi connectivity index (χ2n) is 8.53. The molecular formula is C25H32N4O2. The number of nitrogens with zero attached hydrogens (tertiary/aromatic N) is 3. The molecule has 2 aromatic carbocycles. The van der Waals surface area contributed by atoms with Gasteiger partial charge in [-0.1, -0.05) is 30.3 Å². The molecule has 164 valence electrons. The molecule has 0 aliphatic heterocycles. The van der Waals surface area contributed by atoms with E-state index >= 15 is 0 Å². The van der Waals surface area contributed by atoms with Crippen molar-refractivity contribution in [3.63, 3.8) is 0 Å². The molecule has 1 aromatic heterocycles. The van der Waals surface area contributed by atoms with Crippen molar-refractivity contribution in [2.75, 3.05) is 26.5 Å². The number of ether oxygens (including phenoxy) is 2. The third-order valence-electron chi connectivity index (χ3n) is 6.24. The molecule has 0 spiro atoms. The zero-order valence-corrected chi connectivity index (χ0v) is 18.8. The van der Waals surface area contributed by atoms with Gasteiger partial charge in [0, 0.05) is 23.5 Å². The molecule has 0 amide bonds. The van der Waals surface area contributed by atoms with Gasteiger partial charge in [0.2, 0.25) is 0 Å². The first-order valence-corrected chi connectivity index (χ1v) is 11.0. The molecule has 0 radical (unpaired) electrons. The zero-order chi connectivity index (χ0) is 21.8. The highest BCUT2D eigenvalue weighted by Crippen LogP contribution is 2.37. The zero-order valence-electron chi connectivity index (χ0n) is 18.8. The molecule has 4 rings (SSSR count). The van der Waals surface area contributed by atoms with E-state index in [4.69, 9.17) is 9.47 Å². The summed E-state index contributed by atoms with van der Waals surface area (Å²) in [7, 11) is 5.99. The van der Waals surface area contributed by atoms with Crippen LogP contribution in [0.1, 0.15) is 44.2 Å². The number of nitrogens with one attached hydrogen (secondary N) is 1. The highest BCUT2D eigenvalue weighted by Gasteiger charge is 2.25. The number of anilines is 1. The Labute approximate surface area is 184 Å². The van der Waals surface area contributed by atoms with E-state index < -0.39 is 0 Å². The van der Waals surface area contributed by atoms with Crippen LogP contribution in [0.25, 0.3) is 10.9 Å². The molecule has 1 aliphatic rings. The topological polar surface area (TPSA) is 59.5 Å². The van der Waals surface area contributed by atoms with E-state index in [-0.39, 0.29) is 12.1 Å². The Morgan fingerprint density at radius 1 is 1.00 bits per heavy atom. The first-order valence-electron chi connectivity index (χ1n) is 11.0. The maximum Gasteiger partial charge on any atom is 0.162 e. The largest absolute Gasteiger partial charge is 0.493 e. The molecule has 1 fully saturated rings. The SMILES string of the molecule is COc1cc2ncnc(N[C@H](C)c3ccccc3)c2cc1OC1CCC(N(C)C)CC1. The predicted molar refractivity (Wildman–Crippen MR) is 125 cm³/mol. The van der Waals surface area contributed by atoms with E-state index in [1.165, 1.54) is 5.56 Å². The van der Waals surface area contributed by atoms with Crippen LogP contribution in [0, 0.1) is 0 Å². The molecule has 3 aromatic rings. The first kappa shape index (κ1) is 21.4. The summed E-state index contributed by atoms with van der Waals surface area (Å²) >= 11 is 0. The van der Waals surface area contributed by atoms with Crippen molar-refractivity contribution in [1.29, 1.82) is 0 Å². The van der Waals surface area contributed by atoms with Crippen LogP contribution in [0.3, 0.4) is 0 Å². The van der Waals surface area contributed by atoms with E-state index in [1.807, 2.05) is 30.3 Å². The van der Waals surface area contributed by atoms with Crippen LogP contribution in [-0.4, -0.2) is 48.2 Å². The summed E-state index contributed by atoms with van der Waals surface area (Å²) in [5.41, 5.74) is 2.04. The molecule has 1 saturated carbocycles. The fourth-order valence-corrected chi connectivity index (χ4v) is 4.32. The molecule has 6 heteroatoms. The molecule has 1 N–H and O–H groups in total. The minimum Gasteiger partial charge on any atom is -0.493 e. The highest BCUT2D eigenvalue weighted by molar-refractivity contribution is 5.91. The van der Waals surface area contributed by atoms with E-state index in [2.05, 4.69) is 53.3 Å². The van der Waals surface area contributed by atoms with Crippen molar-refractivity contribution in [3.8, 4) is 11.5 Å². The van der Waals surface area contributed by atoms with Crippen molar-refractivity contribution < 1.29 is 9.47 Å². The molecule has 1 atom stereocenters. The van der Waals surface area contributed by atoms with E-state index in [1.54, 1.807) is 13.4 Å². The van der Waals surface area contributed by atoms with Gasteiger partial charge in [-0.3, -0.25) is 0 Å². The summed E-state index contributed by atoms with van der Waals surface area (Å²) in [4.78, 5) is 11.3. The van der Waals surface area contributed by atoms with Crippen molar-refractivity contribution >= 4 is 16.7 Å². The van der Waals surface area contributed by atoms with Gasteiger partial charge in [-0.2, -0.15) is 0 Å². The summed E-state index contributed by atoms with van der Waals surface area (Å²) in [6.07, 6.45) is 6.18. The fraction of sp³-hybridized carbons (Fsp3) is 0.440. The lowest BCUT2D eigenvalue weighted by molar-refractivity contribution is 0.108. The third-order valence-corrected chi connectivity index (χ3v) is 6.24. The number of hydrogen-bond acceptors (Lipinski definition) is 6. The summed E-state index contributed by atoms with van der Waals surface area (Å²) in [5.74, 6) is 2.27. The molecule has 0 unspecified atom stereocenters. The summed E-state index contributed by atoms with van der Waals surface area (Å²) < 4.78 is 12.1. The Kier molecular flexibility index (Phi) is 6.56. The first-order chi connectivity index (χ1) is 15.0. The monoisotopic (exact) mass is 420 g/mol. The van der Waals surface area contributed by atoms with Crippen LogP contribution >= 0.6 is 0 Å². The lowest BCUT2D eigenvalue weighted by atomic mass is 9.92. The minimum absolute atomic E-state index is 0.118. The van der Waals surface area contributed by atoms with E-state index in [9.17, 15) is 0 Å². The van der Waals surface area contributed by atoms with Crippen molar-refractivity contribution in [3.05, 3.63) is 54.4 Å². The van der Waals surface area contributed by atoms with Gasteiger partial charge in [-0.15, -0.1) is 0 Å². The van der Waals surface area contributed by atoms with Crippen LogP contribution in [0.2, 0.25) is 0 Å². The molecular weight excluding hydrogens is 388 g/mol.